The molecule has 1 aliphatic rings. The maximum absolute atomic E-state index is 7.42. The molecule has 0 radical (unpaired) electrons. The molecule has 1 aliphatic heterocycles. The summed E-state index contributed by atoms with van der Waals surface area (Å²) in [6.45, 7) is 4.84. The summed E-state index contributed by atoms with van der Waals surface area (Å²) >= 11 is 0. The molecule has 0 spiro atoms. The Morgan fingerprint density at radius 1 is 0.875 bits per heavy atom. The van der Waals surface area contributed by atoms with Crippen LogP contribution >= 0.6 is 0 Å². The van der Waals surface area contributed by atoms with E-state index in [1.807, 2.05) is 48.5 Å². The highest BCUT2D eigenvalue weighted by molar-refractivity contribution is 5.95. The second-order valence-corrected chi connectivity index (χ2v) is 8.40. The maximum atomic E-state index is 7.42. The van der Waals surface area contributed by atoms with E-state index in [1.54, 1.807) is 0 Å². The van der Waals surface area contributed by atoms with E-state index in [2.05, 4.69) is 4.90 Å². The molecule has 0 aromatic heterocycles. The van der Waals surface area contributed by atoms with Crippen LogP contribution in [0.3, 0.4) is 0 Å². The molecule has 0 saturated carbocycles. The molecule has 7 N–H and O–H groups in total. The highest BCUT2D eigenvalue weighted by atomic mass is 16.5. The molecule has 1 heterocycles. The van der Waals surface area contributed by atoms with Crippen LogP contribution in [0.4, 0.5) is 0 Å². The fourth-order valence-electron chi connectivity index (χ4n) is 4.01. The number of nitrogens with one attached hydrogen (secondary N) is 1. The molecular weight excluding hydrogens is 402 g/mol. The van der Waals surface area contributed by atoms with Gasteiger partial charge in [-0.3, -0.25) is 16.6 Å². The third-order valence-electron chi connectivity index (χ3n) is 5.97. The molecule has 0 bridgehead atoms. The topological polar surface area (TPSA) is 123 Å². The van der Waals surface area contributed by atoms with E-state index in [4.69, 9.17) is 31.8 Å². The zero-order valence-corrected chi connectivity index (χ0v) is 18.8. The molecule has 1 saturated heterocycles. The van der Waals surface area contributed by atoms with Crippen LogP contribution < -0.4 is 26.4 Å². The van der Waals surface area contributed by atoms with Crippen LogP contribution in [-0.4, -0.2) is 49.4 Å². The van der Waals surface area contributed by atoms with E-state index < -0.39 is 0 Å². The highest BCUT2D eigenvalue weighted by Gasteiger charge is 2.18. The zero-order valence-electron chi connectivity index (χ0n) is 18.8. The third kappa shape index (κ3) is 7.57. The van der Waals surface area contributed by atoms with Gasteiger partial charge in [-0.1, -0.05) is 0 Å². The first kappa shape index (κ1) is 23.6. The molecule has 7 heteroatoms. The lowest BCUT2D eigenvalue weighted by atomic mass is 9.92. The van der Waals surface area contributed by atoms with Crippen LogP contribution in [-0.2, 0) is 0 Å². The van der Waals surface area contributed by atoms with Crippen LogP contribution in [0.2, 0.25) is 0 Å². The van der Waals surface area contributed by atoms with Gasteiger partial charge in [-0.25, -0.2) is 0 Å². The van der Waals surface area contributed by atoms with Gasteiger partial charge in [0.25, 0.3) is 5.84 Å². The van der Waals surface area contributed by atoms with Crippen molar-refractivity contribution >= 4 is 11.7 Å². The number of piperidine rings is 1. The number of benzene rings is 2. The summed E-state index contributed by atoms with van der Waals surface area (Å²) in [7, 11) is 0. The van der Waals surface area contributed by atoms with Crippen molar-refractivity contribution in [1.29, 1.82) is 5.41 Å². The van der Waals surface area contributed by atoms with Crippen molar-refractivity contribution in [2.75, 3.05) is 32.8 Å². The SMILES string of the molecule is N=C(N)c1ccc(OCCCN2CCC(CCCOc3ccc(C(N)=[NH2+])cc3)CC2)cc1. The van der Waals surface area contributed by atoms with Crippen LogP contribution in [0, 0.1) is 11.3 Å². The van der Waals surface area contributed by atoms with Crippen LogP contribution in [0.25, 0.3) is 0 Å². The predicted octanol–water partition coefficient (Wildman–Crippen LogP) is 1.78. The Bertz CT molecular complexity index is 785. The van der Waals surface area contributed by atoms with Gasteiger partial charge in [0.1, 0.15) is 17.3 Å². The van der Waals surface area contributed by atoms with Gasteiger partial charge < -0.3 is 20.1 Å². The minimum absolute atomic E-state index is 0.0787. The van der Waals surface area contributed by atoms with Crippen molar-refractivity contribution in [3.05, 3.63) is 59.7 Å². The molecule has 2 aromatic carbocycles. The number of hydrogen-bond donors (Lipinski definition) is 4. The van der Waals surface area contributed by atoms with E-state index >= 15 is 0 Å². The van der Waals surface area contributed by atoms with Gasteiger partial charge in [-0.15, -0.1) is 0 Å². The van der Waals surface area contributed by atoms with Crippen LogP contribution in [0.5, 0.6) is 11.5 Å². The van der Waals surface area contributed by atoms with E-state index in [1.165, 1.54) is 19.3 Å². The minimum Gasteiger partial charge on any atom is -0.494 e. The highest BCUT2D eigenvalue weighted by Crippen LogP contribution is 2.22. The van der Waals surface area contributed by atoms with E-state index in [9.17, 15) is 0 Å². The molecule has 32 heavy (non-hydrogen) atoms. The minimum atomic E-state index is 0.0787. The van der Waals surface area contributed by atoms with Gasteiger partial charge in [-0.2, -0.15) is 0 Å². The standard InChI is InChI=1S/C25H35N5O2/c26-24(27)20-4-8-22(9-5-20)31-17-1-3-19-12-15-30(16-13-19)14-2-18-32-23-10-6-21(7-11-23)25(28)29/h4-11,19H,1-3,12-18H2,(H3,26,27)(H3,28,29)/p+1. The second kappa shape index (κ2) is 12.1. The Morgan fingerprint density at radius 2 is 1.41 bits per heavy atom. The van der Waals surface area contributed by atoms with Gasteiger partial charge in [-0.05, 0) is 99.6 Å². The Kier molecular flexibility index (Phi) is 8.92. The number of nitrogens with two attached hydrogens (primary N) is 3. The Balaban J connectivity index is 1.23. The molecule has 0 amide bonds. The summed E-state index contributed by atoms with van der Waals surface area (Å²) in [6, 6.07) is 15.0. The van der Waals surface area contributed by atoms with Crippen molar-refractivity contribution in [3.63, 3.8) is 0 Å². The van der Waals surface area contributed by atoms with Crippen molar-refractivity contribution in [2.45, 2.75) is 32.1 Å². The quantitative estimate of drug-likeness (QED) is 0.228. The lowest BCUT2D eigenvalue weighted by Crippen LogP contribution is -2.46. The first-order chi connectivity index (χ1) is 15.5. The number of rotatable bonds is 12. The fourth-order valence-corrected chi connectivity index (χ4v) is 4.01. The monoisotopic (exact) mass is 438 g/mol. The average Bonchev–Trinajstić information content (AvgIpc) is 2.81. The third-order valence-corrected chi connectivity index (χ3v) is 5.97. The molecule has 172 valence electrons. The van der Waals surface area contributed by atoms with Crippen molar-refractivity contribution in [2.24, 2.45) is 17.4 Å². The molecule has 1 fully saturated rings. The Hall–Kier alpha value is -3.06. The van der Waals surface area contributed by atoms with Crippen LogP contribution in [0.1, 0.15) is 43.2 Å². The second-order valence-electron chi connectivity index (χ2n) is 8.40. The van der Waals surface area contributed by atoms with Crippen molar-refractivity contribution in [1.82, 2.24) is 4.90 Å². The van der Waals surface area contributed by atoms with E-state index in [-0.39, 0.29) is 5.84 Å². The van der Waals surface area contributed by atoms with Crippen LogP contribution in [0.15, 0.2) is 48.5 Å². The largest absolute Gasteiger partial charge is 0.494 e. The molecule has 7 nitrogen and oxygen atoms in total. The Labute approximate surface area is 190 Å². The molecule has 0 atom stereocenters. The number of likely N-dealkylation sites (tertiary alicyclic amines) is 1. The van der Waals surface area contributed by atoms with E-state index in [0.717, 1.165) is 67.6 Å². The summed E-state index contributed by atoms with van der Waals surface area (Å²) in [6.07, 6.45) is 5.82. The summed E-state index contributed by atoms with van der Waals surface area (Å²) < 4.78 is 11.6. The predicted molar refractivity (Wildman–Crippen MR) is 128 cm³/mol. The van der Waals surface area contributed by atoms with Crippen molar-refractivity contribution in [3.8, 4) is 11.5 Å². The average molecular weight is 439 g/mol. The summed E-state index contributed by atoms with van der Waals surface area (Å²) in [4.78, 5) is 2.54. The number of nitrogens with zero attached hydrogens (tertiary/aromatic N) is 1. The van der Waals surface area contributed by atoms with Gasteiger partial charge in [0.15, 0.2) is 0 Å². The Morgan fingerprint density at radius 3 is 1.94 bits per heavy atom. The van der Waals surface area contributed by atoms with Gasteiger partial charge in [0, 0.05) is 12.1 Å². The first-order valence-corrected chi connectivity index (χ1v) is 11.4. The summed E-state index contributed by atoms with van der Waals surface area (Å²) in [5, 5.41) is 13.0. The van der Waals surface area contributed by atoms with Gasteiger partial charge in [0.2, 0.25) is 0 Å². The van der Waals surface area contributed by atoms with Gasteiger partial charge >= 0.3 is 0 Å². The number of ether oxygens (including phenoxy) is 2. The first-order valence-electron chi connectivity index (χ1n) is 11.4. The zero-order chi connectivity index (χ0) is 22.8. The maximum Gasteiger partial charge on any atom is 0.270 e. The molecule has 3 rings (SSSR count). The van der Waals surface area contributed by atoms with Crippen molar-refractivity contribution < 1.29 is 14.9 Å². The number of hydrogen-bond acceptors (Lipinski definition) is 4. The normalized spacial score (nSPS) is 14.8. The summed E-state index contributed by atoms with van der Waals surface area (Å²) in [5.74, 6) is 2.89. The molecule has 2 aromatic rings. The fraction of sp³-hybridized carbons (Fsp3) is 0.440. The summed E-state index contributed by atoms with van der Waals surface area (Å²) in [5.41, 5.74) is 12.6. The smallest absolute Gasteiger partial charge is 0.270 e. The number of amidine groups is 2. The molecule has 0 aliphatic carbocycles. The lowest BCUT2D eigenvalue weighted by Gasteiger charge is -2.32. The molecular formula is C25H36N5O2+. The number of nitrogen functional groups attached to an aromatic ring is 1. The van der Waals surface area contributed by atoms with E-state index in [0.29, 0.717) is 12.4 Å². The lowest BCUT2D eigenvalue weighted by molar-refractivity contribution is -0.114. The van der Waals surface area contributed by atoms with Gasteiger partial charge in [0.05, 0.1) is 18.8 Å². The molecule has 0 unspecified atom stereocenters.